The Balaban J connectivity index is 1.51. The van der Waals surface area contributed by atoms with Crippen molar-refractivity contribution in [1.82, 2.24) is 14.7 Å². The van der Waals surface area contributed by atoms with Crippen molar-refractivity contribution in [2.24, 2.45) is 0 Å². The van der Waals surface area contributed by atoms with Crippen LogP contribution in [-0.2, 0) is 17.9 Å². The van der Waals surface area contributed by atoms with Gasteiger partial charge in [-0.15, -0.1) is 0 Å². The van der Waals surface area contributed by atoms with E-state index in [-0.39, 0.29) is 12.5 Å². The predicted octanol–water partition coefficient (Wildman–Crippen LogP) is 3.27. The summed E-state index contributed by atoms with van der Waals surface area (Å²) >= 11 is 3.32. The fourth-order valence-electron chi connectivity index (χ4n) is 2.84. The molecule has 6 heteroatoms. The Labute approximate surface area is 144 Å². The SMILES string of the molecule is O=C(Cn1cc(Br)cn1)Nc1ccc(CN2CCCCC2)cc1. The van der Waals surface area contributed by atoms with Gasteiger partial charge in [-0.25, -0.2) is 0 Å². The molecule has 5 nitrogen and oxygen atoms in total. The smallest absolute Gasteiger partial charge is 0.246 e. The molecular formula is C17H21BrN4O. The molecule has 0 bridgehead atoms. The van der Waals surface area contributed by atoms with E-state index in [2.05, 4.69) is 43.4 Å². The summed E-state index contributed by atoms with van der Waals surface area (Å²) < 4.78 is 2.47. The Hall–Kier alpha value is -1.66. The van der Waals surface area contributed by atoms with Crippen LogP contribution in [0.1, 0.15) is 24.8 Å². The molecular weight excluding hydrogens is 356 g/mol. The monoisotopic (exact) mass is 376 g/mol. The lowest BCUT2D eigenvalue weighted by molar-refractivity contribution is -0.116. The van der Waals surface area contributed by atoms with Gasteiger partial charge in [0.25, 0.3) is 0 Å². The van der Waals surface area contributed by atoms with E-state index < -0.39 is 0 Å². The first-order valence-corrected chi connectivity index (χ1v) is 8.77. The number of halogens is 1. The zero-order valence-electron chi connectivity index (χ0n) is 13.0. The van der Waals surface area contributed by atoms with Gasteiger partial charge in [-0.3, -0.25) is 14.4 Å². The molecule has 0 saturated carbocycles. The summed E-state index contributed by atoms with van der Waals surface area (Å²) in [5.41, 5.74) is 2.12. The molecule has 0 aliphatic carbocycles. The van der Waals surface area contributed by atoms with Crippen LogP contribution in [-0.4, -0.2) is 33.7 Å². The van der Waals surface area contributed by atoms with E-state index in [4.69, 9.17) is 0 Å². The topological polar surface area (TPSA) is 50.2 Å². The van der Waals surface area contributed by atoms with Crippen LogP contribution in [0, 0.1) is 0 Å². The minimum Gasteiger partial charge on any atom is -0.324 e. The minimum atomic E-state index is -0.0793. The highest BCUT2D eigenvalue weighted by Gasteiger charge is 2.10. The van der Waals surface area contributed by atoms with Crippen molar-refractivity contribution in [2.45, 2.75) is 32.4 Å². The molecule has 0 atom stereocenters. The maximum Gasteiger partial charge on any atom is 0.246 e. The van der Waals surface area contributed by atoms with Gasteiger partial charge in [0.2, 0.25) is 5.91 Å². The summed E-state index contributed by atoms with van der Waals surface area (Å²) in [6.07, 6.45) is 7.41. The second-order valence-corrected chi connectivity index (χ2v) is 6.85. The fraction of sp³-hybridized carbons (Fsp3) is 0.412. The van der Waals surface area contributed by atoms with E-state index in [0.29, 0.717) is 0 Å². The maximum absolute atomic E-state index is 12.0. The molecule has 122 valence electrons. The lowest BCUT2D eigenvalue weighted by atomic mass is 10.1. The molecule has 1 aromatic heterocycles. The molecule has 1 amide bonds. The second kappa shape index (κ2) is 7.75. The number of aromatic nitrogens is 2. The van der Waals surface area contributed by atoms with E-state index in [1.54, 1.807) is 17.1 Å². The van der Waals surface area contributed by atoms with Gasteiger partial charge in [0.1, 0.15) is 6.54 Å². The highest BCUT2D eigenvalue weighted by Crippen LogP contribution is 2.15. The lowest BCUT2D eigenvalue weighted by Gasteiger charge is -2.26. The fourth-order valence-corrected chi connectivity index (χ4v) is 3.17. The molecule has 1 aliphatic heterocycles. The van der Waals surface area contributed by atoms with Crippen LogP contribution in [0.3, 0.4) is 0 Å². The van der Waals surface area contributed by atoms with Gasteiger partial charge >= 0.3 is 0 Å². The largest absolute Gasteiger partial charge is 0.324 e. The van der Waals surface area contributed by atoms with Crippen molar-refractivity contribution >= 4 is 27.5 Å². The number of nitrogens with one attached hydrogen (secondary N) is 1. The standard InChI is InChI=1S/C17H21BrN4O/c18-15-10-19-22(12-15)13-17(23)20-16-6-4-14(5-7-16)11-21-8-2-1-3-9-21/h4-7,10,12H,1-3,8-9,11,13H2,(H,20,23). The Morgan fingerprint density at radius 1 is 1.17 bits per heavy atom. The summed E-state index contributed by atoms with van der Waals surface area (Å²) in [5, 5.41) is 6.98. The predicted molar refractivity (Wildman–Crippen MR) is 94.1 cm³/mol. The highest BCUT2D eigenvalue weighted by atomic mass is 79.9. The number of likely N-dealkylation sites (tertiary alicyclic amines) is 1. The molecule has 1 saturated heterocycles. The Kier molecular flexibility index (Phi) is 5.46. The van der Waals surface area contributed by atoms with E-state index in [9.17, 15) is 4.79 Å². The van der Waals surface area contributed by atoms with Crippen LogP contribution in [0.4, 0.5) is 5.69 Å². The van der Waals surface area contributed by atoms with Crippen molar-refractivity contribution in [1.29, 1.82) is 0 Å². The number of benzene rings is 1. The summed E-state index contributed by atoms with van der Waals surface area (Å²) in [7, 11) is 0. The first-order chi connectivity index (χ1) is 11.2. The number of anilines is 1. The van der Waals surface area contributed by atoms with Crippen LogP contribution >= 0.6 is 15.9 Å². The van der Waals surface area contributed by atoms with Gasteiger partial charge < -0.3 is 5.32 Å². The Morgan fingerprint density at radius 3 is 2.57 bits per heavy atom. The second-order valence-electron chi connectivity index (χ2n) is 5.94. The first-order valence-electron chi connectivity index (χ1n) is 7.98. The molecule has 1 N–H and O–H groups in total. The molecule has 1 aliphatic rings. The third-order valence-corrected chi connectivity index (χ3v) is 4.41. The average Bonchev–Trinajstić information content (AvgIpc) is 2.95. The van der Waals surface area contributed by atoms with Gasteiger partial charge in [0, 0.05) is 18.4 Å². The van der Waals surface area contributed by atoms with Crippen molar-refractivity contribution < 1.29 is 4.79 Å². The molecule has 1 aromatic carbocycles. The lowest BCUT2D eigenvalue weighted by Crippen LogP contribution is -2.29. The van der Waals surface area contributed by atoms with Crippen LogP contribution in [0.2, 0.25) is 0 Å². The normalized spacial score (nSPS) is 15.5. The van der Waals surface area contributed by atoms with E-state index in [1.807, 2.05) is 12.1 Å². The van der Waals surface area contributed by atoms with E-state index in [1.165, 1.54) is 37.9 Å². The van der Waals surface area contributed by atoms with Gasteiger partial charge in [-0.2, -0.15) is 5.10 Å². The number of nitrogens with zero attached hydrogens (tertiary/aromatic N) is 3. The molecule has 0 radical (unpaired) electrons. The van der Waals surface area contributed by atoms with Crippen molar-refractivity contribution in [3.8, 4) is 0 Å². The number of carbonyl (C=O) groups excluding carboxylic acids is 1. The number of hydrogen-bond acceptors (Lipinski definition) is 3. The zero-order valence-corrected chi connectivity index (χ0v) is 14.6. The van der Waals surface area contributed by atoms with Crippen LogP contribution in [0.15, 0.2) is 41.1 Å². The molecule has 2 heterocycles. The summed E-state index contributed by atoms with van der Waals surface area (Å²) in [6, 6.07) is 8.12. The number of amides is 1. The van der Waals surface area contributed by atoms with Crippen molar-refractivity contribution in [3.63, 3.8) is 0 Å². The Morgan fingerprint density at radius 2 is 1.91 bits per heavy atom. The summed E-state index contributed by atoms with van der Waals surface area (Å²) in [6.45, 7) is 3.59. The maximum atomic E-state index is 12.0. The molecule has 0 unspecified atom stereocenters. The first kappa shape index (κ1) is 16.2. The van der Waals surface area contributed by atoms with Crippen molar-refractivity contribution in [3.05, 3.63) is 46.7 Å². The average molecular weight is 377 g/mol. The molecule has 3 rings (SSSR count). The van der Waals surface area contributed by atoms with Crippen LogP contribution in [0.25, 0.3) is 0 Å². The molecule has 1 fully saturated rings. The molecule has 2 aromatic rings. The van der Waals surface area contributed by atoms with Crippen molar-refractivity contribution in [2.75, 3.05) is 18.4 Å². The Bertz CT molecular complexity index is 647. The summed E-state index contributed by atoms with van der Waals surface area (Å²) in [4.78, 5) is 14.5. The third-order valence-electron chi connectivity index (χ3n) is 4.00. The minimum absolute atomic E-state index is 0.0793. The number of rotatable bonds is 5. The van der Waals surface area contributed by atoms with Gasteiger partial charge in [-0.1, -0.05) is 18.6 Å². The van der Waals surface area contributed by atoms with Gasteiger partial charge in [-0.05, 0) is 59.6 Å². The van der Waals surface area contributed by atoms with Crippen LogP contribution in [0.5, 0.6) is 0 Å². The number of carbonyl (C=O) groups is 1. The van der Waals surface area contributed by atoms with Crippen LogP contribution < -0.4 is 5.32 Å². The van der Waals surface area contributed by atoms with Gasteiger partial charge in [0.05, 0.1) is 10.7 Å². The number of piperidine rings is 1. The van der Waals surface area contributed by atoms with E-state index in [0.717, 1.165) is 16.7 Å². The quantitative estimate of drug-likeness (QED) is 0.870. The molecule has 23 heavy (non-hydrogen) atoms. The van der Waals surface area contributed by atoms with Gasteiger partial charge in [0.15, 0.2) is 0 Å². The highest BCUT2D eigenvalue weighted by molar-refractivity contribution is 9.10. The third kappa shape index (κ3) is 4.91. The number of hydrogen-bond donors (Lipinski definition) is 1. The van der Waals surface area contributed by atoms with E-state index >= 15 is 0 Å². The molecule has 0 spiro atoms. The summed E-state index contributed by atoms with van der Waals surface area (Å²) in [5.74, 6) is -0.0793. The zero-order chi connectivity index (χ0) is 16.1.